The van der Waals surface area contributed by atoms with Crippen LogP contribution >= 0.6 is 0 Å². The minimum atomic E-state index is -0.856. The van der Waals surface area contributed by atoms with Crippen molar-refractivity contribution in [3.05, 3.63) is 65.7 Å². The van der Waals surface area contributed by atoms with Gasteiger partial charge in [-0.25, -0.2) is 4.79 Å². The monoisotopic (exact) mass is 396 g/mol. The Bertz CT molecular complexity index is 821. The lowest BCUT2D eigenvalue weighted by Crippen LogP contribution is -2.46. The first-order valence-electron chi connectivity index (χ1n) is 10.0. The van der Waals surface area contributed by atoms with Crippen molar-refractivity contribution in [1.29, 1.82) is 0 Å². The number of nitrogens with one attached hydrogen (secondary N) is 1. The van der Waals surface area contributed by atoms with Crippen molar-refractivity contribution < 1.29 is 19.4 Å². The molecule has 2 amide bonds. The molecule has 6 nitrogen and oxygen atoms in total. The van der Waals surface area contributed by atoms with Crippen molar-refractivity contribution in [1.82, 2.24) is 10.2 Å². The number of hydrogen-bond acceptors (Lipinski definition) is 3. The number of carbonyl (C=O) groups is 2. The number of urea groups is 1. The molecule has 0 saturated heterocycles. The number of rotatable bonds is 10. The maximum absolute atomic E-state index is 13.1. The first-order chi connectivity index (χ1) is 14.1. The summed E-state index contributed by atoms with van der Waals surface area (Å²) < 4.78 is 5.43. The van der Waals surface area contributed by atoms with Crippen LogP contribution in [0.4, 0.5) is 4.79 Å². The molecule has 1 aliphatic carbocycles. The summed E-state index contributed by atoms with van der Waals surface area (Å²) >= 11 is 0. The standard InChI is InChI=1S/C23H28N2O4/c1-29-21-10-6-5-9-18(21)16-25(20-12-13-20)23(28)24-19(11-14-22(26)27)15-17-7-3-2-4-8-17/h2-10,19-20H,11-16H2,1H3,(H,24,28)(H,26,27). The van der Waals surface area contributed by atoms with Gasteiger partial charge in [0.05, 0.1) is 13.7 Å². The number of amides is 2. The molecule has 1 saturated carbocycles. The Labute approximate surface area is 171 Å². The van der Waals surface area contributed by atoms with E-state index in [2.05, 4.69) is 5.32 Å². The molecule has 0 aliphatic heterocycles. The molecule has 29 heavy (non-hydrogen) atoms. The van der Waals surface area contributed by atoms with Crippen LogP contribution < -0.4 is 10.1 Å². The van der Waals surface area contributed by atoms with Crippen molar-refractivity contribution in [3.63, 3.8) is 0 Å². The molecule has 1 aliphatic rings. The zero-order valence-electron chi connectivity index (χ0n) is 16.7. The molecule has 2 aromatic carbocycles. The quantitative estimate of drug-likeness (QED) is 0.639. The largest absolute Gasteiger partial charge is 0.496 e. The van der Waals surface area contributed by atoms with Gasteiger partial charge in [0, 0.05) is 24.1 Å². The number of methoxy groups -OCH3 is 1. The lowest BCUT2D eigenvalue weighted by molar-refractivity contribution is -0.137. The maximum Gasteiger partial charge on any atom is 0.318 e. The van der Waals surface area contributed by atoms with E-state index in [1.54, 1.807) is 7.11 Å². The number of nitrogens with zero attached hydrogens (tertiary/aromatic N) is 1. The third-order valence-corrected chi connectivity index (χ3v) is 5.14. The Morgan fingerprint density at radius 1 is 1.14 bits per heavy atom. The van der Waals surface area contributed by atoms with Crippen LogP contribution in [0.3, 0.4) is 0 Å². The highest BCUT2D eigenvalue weighted by atomic mass is 16.5. The first-order valence-corrected chi connectivity index (χ1v) is 10.0. The van der Waals surface area contributed by atoms with E-state index in [9.17, 15) is 9.59 Å². The molecule has 6 heteroatoms. The minimum Gasteiger partial charge on any atom is -0.496 e. The van der Waals surface area contributed by atoms with Crippen molar-refractivity contribution in [3.8, 4) is 5.75 Å². The number of aliphatic carboxylic acids is 1. The second-order valence-electron chi connectivity index (χ2n) is 7.44. The van der Waals surface area contributed by atoms with Gasteiger partial charge in [0.15, 0.2) is 0 Å². The Balaban J connectivity index is 1.70. The summed E-state index contributed by atoms with van der Waals surface area (Å²) in [6.07, 6.45) is 2.99. The highest BCUT2D eigenvalue weighted by molar-refractivity contribution is 5.75. The van der Waals surface area contributed by atoms with Gasteiger partial charge in [-0.05, 0) is 37.3 Å². The van der Waals surface area contributed by atoms with Crippen LogP contribution in [-0.2, 0) is 17.8 Å². The Morgan fingerprint density at radius 3 is 2.48 bits per heavy atom. The summed E-state index contributed by atoms with van der Waals surface area (Å²) in [5.74, 6) is -0.0944. The first kappa shape index (κ1) is 20.7. The van der Waals surface area contributed by atoms with E-state index in [1.807, 2.05) is 59.5 Å². The lowest BCUT2D eigenvalue weighted by Gasteiger charge is -2.27. The van der Waals surface area contributed by atoms with Gasteiger partial charge in [0.25, 0.3) is 0 Å². The highest BCUT2D eigenvalue weighted by Crippen LogP contribution is 2.30. The third kappa shape index (κ3) is 6.24. The van der Waals surface area contributed by atoms with Crippen LogP contribution in [-0.4, -0.2) is 41.2 Å². The molecule has 0 aromatic heterocycles. The van der Waals surface area contributed by atoms with Gasteiger partial charge in [0.1, 0.15) is 5.75 Å². The number of para-hydroxylation sites is 1. The molecule has 3 rings (SSSR count). The molecule has 0 spiro atoms. The average molecular weight is 396 g/mol. The van der Waals surface area contributed by atoms with E-state index in [1.165, 1.54) is 0 Å². The number of benzene rings is 2. The number of carboxylic acids is 1. The molecular formula is C23H28N2O4. The van der Waals surface area contributed by atoms with Gasteiger partial charge in [-0.3, -0.25) is 4.79 Å². The van der Waals surface area contributed by atoms with Crippen LogP contribution in [0.15, 0.2) is 54.6 Å². The van der Waals surface area contributed by atoms with E-state index >= 15 is 0 Å². The molecule has 2 aromatic rings. The second kappa shape index (κ2) is 9.96. The van der Waals surface area contributed by atoms with Gasteiger partial charge >= 0.3 is 12.0 Å². The maximum atomic E-state index is 13.1. The predicted octanol–water partition coefficient (Wildman–Crippen LogP) is 3.85. The molecule has 1 fully saturated rings. The van der Waals surface area contributed by atoms with E-state index in [0.29, 0.717) is 19.4 Å². The van der Waals surface area contributed by atoms with Crippen LogP contribution in [0.5, 0.6) is 5.75 Å². The van der Waals surface area contributed by atoms with Crippen molar-refractivity contribution >= 4 is 12.0 Å². The fourth-order valence-corrected chi connectivity index (χ4v) is 3.45. The molecule has 2 N–H and O–H groups in total. The van der Waals surface area contributed by atoms with Crippen LogP contribution in [0, 0.1) is 0 Å². The Hall–Kier alpha value is -3.02. The smallest absolute Gasteiger partial charge is 0.318 e. The Kier molecular flexibility index (Phi) is 7.11. The fraction of sp³-hybridized carbons (Fsp3) is 0.391. The van der Waals surface area contributed by atoms with Crippen LogP contribution in [0.2, 0.25) is 0 Å². The van der Waals surface area contributed by atoms with E-state index in [0.717, 1.165) is 29.7 Å². The minimum absolute atomic E-state index is 0.0215. The van der Waals surface area contributed by atoms with Crippen LogP contribution in [0.25, 0.3) is 0 Å². The molecule has 0 heterocycles. The number of carbonyl (C=O) groups excluding carboxylic acids is 1. The van der Waals surface area contributed by atoms with Crippen molar-refractivity contribution in [2.45, 2.75) is 50.7 Å². The molecule has 1 unspecified atom stereocenters. The van der Waals surface area contributed by atoms with E-state index < -0.39 is 5.97 Å². The van der Waals surface area contributed by atoms with Crippen molar-refractivity contribution in [2.24, 2.45) is 0 Å². The zero-order valence-corrected chi connectivity index (χ0v) is 16.7. The Morgan fingerprint density at radius 2 is 1.83 bits per heavy atom. The zero-order chi connectivity index (χ0) is 20.6. The summed E-state index contributed by atoms with van der Waals surface area (Å²) in [6.45, 7) is 0.470. The topological polar surface area (TPSA) is 78.9 Å². The number of carboxylic acid groups (broad SMARTS) is 1. The van der Waals surface area contributed by atoms with Gasteiger partial charge in [-0.2, -0.15) is 0 Å². The summed E-state index contributed by atoms with van der Waals surface area (Å²) in [6, 6.07) is 17.4. The van der Waals surface area contributed by atoms with Gasteiger partial charge in [0.2, 0.25) is 0 Å². The lowest BCUT2D eigenvalue weighted by atomic mass is 10.0. The molecule has 0 bridgehead atoms. The summed E-state index contributed by atoms with van der Waals surface area (Å²) in [5.41, 5.74) is 2.04. The van der Waals surface area contributed by atoms with E-state index in [4.69, 9.17) is 9.84 Å². The van der Waals surface area contributed by atoms with Gasteiger partial charge in [-0.1, -0.05) is 48.5 Å². The van der Waals surface area contributed by atoms with Crippen molar-refractivity contribution in [2.75, 3.05) is 7.11 Å². The molecule has 154 valence electrons. The van der Waals surface area contributed by atoms with Gasteiger partial charge in [-0.15, -0.1) is 0 Å². The van der Waals surface area contributed by atoms with Gasteiger partial charge < -0.3 is 20.1 Å². The average Bonchev–Trinajstić information content (AvgIpc) is 3.56. The predicted molar refractivity (Wildman–Crippen MR) is 111 cm³/mol. The molecule has 1 atom stereocenters. The normalized spacial score (nSPS) is 14.1. The number of hydrogen-bond donors (Lipinski definition) is 2. The molecule has 0 radical (unpaired) electrons. The molecular weight excluding hydrogens is 368 g/mol. The van der Waals surface area contributed by atoms with Crippen LogP contribution in [0.1, 0.15) is 36.8 Å². The summed E-state index contributed by atoms with van der Waals surface area (Å²) in [5, 5.41) is 12.2. The highest BCUT2D eigenvalue weighted by Gasteiger charge is 2.34. The fourth-order valence-electron chi connectivity index (χ4n) is 3.45. The van der Waals surface area contributed by atoms with E-state index in [-0.39, 0.29) is 24.5 Å². The summed E-state index contributed by atoms with van der Waals surface area (Å²) in [7, 11) is 1.63. The SMILES string of the molecule is COc1ccccc1CN(C(=O)NC(CCC(=O)O)Cc1ccccc1)C1CC1. The number of ether oxygens (including phenoxy) is 1. The third-order valence-electron chi connectivity index (χ3n) is 5.14. The second-order valence-corrected chi connectivity index (χ2v) is 7.44. The summed E-state index contributed by atoms with van der Waals surface area (Å²) in [4.78, 5) is 26.0.